The van der Waals surface area contributed by atoms with Crippen molar-refractivity contribution in [2.24, 2.45) is 0 Å². The van der Waals surface area contributed by atoms with E-state index in [1.54, 1.807) is 0 Å². The Morgan fingerprint density at radius 3 is 0.785 bits per heavy atom. The Hall–Kier alpha value is -5.23. The molecule has 1 unspecified atom stereocenters. The smallest absolute Gasteiger partial charge is 0.306 e. The molecule has 0 heterocycles. The summed E-state index contributed by atoms with van der Waals surface area (Å²) in [4.78, 5) is 38.2. The average Bonchev–Trinajstić information content (AvgIpc) is 3.45. The Kier molecular flexibility index (Phi) is 61.0. The molecule has 6 heteroatoms. The fourth-order valence-electron chi connectivity index (χ4n) is 8.10. The van der Waals surface area contributed by atoms with E-state index in [1.807, 2.05) is 12.2 Å². The van der Waals surface area contributed by atoms with Gasteiger partial charge in [0.15, 0.2) is 6.10 Å². The van der Waals surface area contributed by atoms with Gasteiger partial charge in [-0.2, -0.15) is 0 Å². The molecule has 0 saturated carbocycles. The van der Waals surface area contributed by atoms with Gasteiger partial charge < -0.3 is 14.2 Å². The molecule has 0 saturated heterocycles. The normalized spacial score (nSPS) is 13.3. The first-order valence-electron chi connectivity index (χ1n) is 31.6. The molecule has 0 rings (SSSR count). The molecule has 0 radical (unpaired) electrons. The molecule has 0 aromatic carbocycles. The number of ether oxygens (including phenoxy) is 3. The number of allylic oxidation sites excluding steroid dienone is 28. The van der Waals surface area contributed by atoms with Gasteiger partial charge in [0.05, 0.1) is 0 Å². The second kappa shape index (κ2) is 65.3. The summed E-state index contributed by atoms with van der Waals surface area (Å²) < 4.78 is 16.8. The molecule has 0 aliphatic carbocycles. The molecule has 442 valence electrons. The highest BCUT2D eigenvalue weighted by Gasteiger charge is 2.19. The van der Waals surface area contributed by atoms with Gasteiger partial charge in [-0.1, -0.05) is 268 Å². The van der Waals surface area contributed by atoms with Crippen LogP contribution in [0.5, 0.6) is 0 Å². The second-order valence-corrected chi connectivity index (χ2v) is 20.2. The van der Waals surface area contributed by atoms with Crippen LogP contribution in [-0.2, 0) is 28.6 Å². The van der Waals surface area contributed by atoms with Gasteiger partial charge in [-0.3, -0.25) is 14.4 Å². The largest absolute Gasteiger partial charge is 0.462 e. The molecule has 0 amide bonds. The molecule has 1 atom stereocenters. The fraction of sp³-hybridized carbons (Fsp3) is 0.575. The summed E-state index contributed by atoms with van der Waals surface area (Å²) in [5.74, 6) is -1.02. The lowest BCUT2D eigenvalue weighted by molar-refractivity contribution is -0.166. The summed E-state index contributed by atoms with van der Waals surface area (Å²) in [6.45, 7) is 6.21. The molecular weight excluding hydrogens is 973 g/mol. The van der Waals surface area contributed by atoms with E-state index in [-0.39, 0.29) is 37.5 Å². The summed E-state index contributed by atoms with van der Waals surface area (Å²) in [5, 5.41) is 0. The van der Waals surface area contributed by atoms with E-state index in [0.29, 0.717) is 19.3 Å². The van der Waals surface area contributed by atoms with Crippen LogP contribution < -0.4 is 0 Å². The fourth-order valence-corrected chi connectivity index (χ4v) is 8.10. The summed E-state index contributed by atoms with van der Waals surface area (Å²) in [6, 6.07) is 0. The summed E-state index contributed by atoms with van der Waals surface area (Å²) in [5.41, 5.74) is 0. The zero-order valence-electron chi connectivity index (χ0n) is 50.6. The molecule has 0 spiro atoms. The molecule has 0 aromatic rings. The highest BCUT2D eigenvalue weighted by molar-refractivity contribution is 5.71. The number of hydrogen-bond donors (Lipinski definition) is 0. The summed E-state index contributed by atoms with van der Waals surface area (Å²) >= 11 is 0. The quantitative estimate of drug-likeness (QED) is 0.0261. The van der Waals surface area contributed by atoms with Crippen molar-refractivity contribution in [3.8, 4) is 0 Å². The highest BCUT2D eigenvalue weighted by atomic mass is 16.6. The van der Waals surface area contributed by atoms with Crippen LogP contribution in [0.2, 0.25) is 0 Å². The van der Waals surface area contributed by atoms with Gasteiger partial charge >= 0.3 is 17.9 Å². The van der Waals surface area contributed by atoms with E-state index in [9.17, 15) is 14.4 Å². The third-order valence-corrected chi connectivity index (χ3v) is 12.7. The molecule has 0 aromatic heterocycles. The lowest BCUT2D eigenvalue weighted by Crippen LogP contribution is -2.30. The monoisotopic (exact) mass is 1090 g/mol. The van der Waals surface area contributed by atoms with Crippen LogP contribution in [0.4, 0.5) is 0 Å². The third kappa shape index (κ3) is 63.5. The van der Waals surface area contributed by atoms with E-state index in [4.69, 9.17) is 14.2 Å². The SMILES string of the molecule is CC/C=C\C/C=C\C/C=C\C/C=C\C/C=C\C/C=C\C/C=C\CCCCCCCCCCCC(=O)OCC(COC(=O)CC/C=C\C/C=C\C/C=C\C/C=C\CC)OC(=O)CCCCCCCCC/C=C\C/C=C\C/C=C\CC. The highest BCUT2D eigenvalue weighted by Crippen LogP contribution is 2.14. The van der Waals surface area contributed by atoms with E-state index in [2.05, 4.69) is 179 Å². The van der Waals surface area contributed by atoms with Gasteiger partial charge in [-0.05, 0) is 135 Å². The Balaban J connectivity index is 4.36. The molecule has 0 fully saturated rings. The van der Waals surface area contributed by atoms with Crippen molar-refractivity contribution in [3.63, 3.8) is 0 Å². The standard InChI is InChI=1S/C73H114O6/c1-4-7-10-13-16-19-22-25-27-29-30-31-32-33-34-35-36-37-38-39-40-41-42-44-45-48-51-54-57-60-63-66-72(75)78-69-70(68-77-71(74)65-62-59-56-53-50-47-24-21-18-15-12-9-6-3)79-73(76)67-64-61-58-55-52-49-46-43-28-26-23-20-17-14-11-8-5-2/h7-12,16-21,25-28,30-31,33-34,36-37,39-40,47,50,56,59,70H,4-6,13-15,22-24,29,32,35,38,41-46,48-49,51-55,57-58,60-69H2,1-3H3/b10-7-,11-8-,12-9-,19-16-,20-17-,21-18-,27-25-,28-26-,31-30-,34-33-,37-36-,40-39-,50-47-,59-56-. The Bertz CT molecular complexity index is 1820. The average molecular weight is 1090 g/mol. The van der Waals surface area contributed by atoms with Gasteiger partial charge in [0.2, 0.25) is 0 Å². The van der Waals surface area contributed by atoms with Crippen LogP contribution >= 0.6 is 0 Å². The maximum absolute atomic E-state index is 12.9. The van der Waals surface area contributed by atoms with Crippen LogP contribution in [0.1, 0.15) is 252 Å². The molecular formula is C73H114O6. The summed E-state index contributed by atoms with van der Waals surface area (Å²) in [6.07, 6.45) is 96.6. The lowest BCUT2D eigenvalue weighted by atomic mass is 10.1. The molecule has 0 N–H and O–H groups in total. The lowest BCUT2D eigenvalue weighted by Gasteiger charge is -2.18. The number of carbonyl (C=O) groups is 3. The number of esters is 3. The minimum atomic E-state index is -0.824. The first-order chi connectivity index (χ1) is 39.0. The van der Waals surface area contributed by atoms with Gasteiger partial charge in [0.1, 0.15) is 13.2 Å². The zero-order chi connectivity index (χ0) is 57.1. The number of rotatable bonds is 55. The first kappa shape index (κ1) is 73.8. The topological polar surface area (TPSA) is 78.9 Å². The second-order valence-electron chi connectivity index (χ2n) is 20.2. The van der Waals surface area contributed by atoms with Gasteiger partial charge in [0, 0.05) is 19.3 Å². The minimum Gasteiger partial charge on any atom is -0.462 e. The van der Waals surface area contributed by atoms with Crippen molar-refractivity contribution < 1.29 is 28.6 Å². The van der Waals surface area contributed by atoms with Crippen molar-refractivity contribution >= 4 is 17.9 Å². The van der Waals surface area contributed by atoms with Crippen LogP contribution in [0.15, 0.2) is 170 Å². The molecule has 79 heavy (non-hydrogen) atoms. The number of carbonyl (C=O) groups excluding carboxylic acids is 3. The molecule has 0 aliphatic heterocycles. The van der Waals surface area contributed by atoms with E-state index in [0.717, 1.165) is 148 Å². The molecule has 6 nitrogen and oxygen atoms in total. The zero-order valence-corrected chi connectivity index (χ0v) is 50.6. The third-order valence-electron chi connectivity index (χ3n) is 12.7. The predicted molar refractivity (Wildman–Crippen MR) is 343 cm³/mol. The van der Waals surface area contributed by atoms with Crippen molar-refractivity contribution in [1.82, 2.24) is 0 Å². The van der Waals surface area contributed by atoms with Crippen molar-refractivity contribution in [2.75, 3.05) is 13.2 Å². The van der Waals surface area contributed by atoms with Gasteiger partial charge in [0.25, 0.3) is 0 Å². The number of unbranched alkanes of at least 4 members (excludes halogenated alkanes) is 16. The van der Waals surface area contributed by atoms with Crippen LogP contribution in [-0.4, -0.2) is 37.2 Å². The summed E-state index contributed by atoms with van der Waals surface area (Å²) in [7, 11) is 0. The van der Waals surface area contributed by atoms with Crippen molar-refractivity contribution in [1.29, 1.82) is 0 Å². The van der Waals surface area contributed by atoms with Gasteiger partial charge in [-0.15, -0.1) is 0 Å². The van der Waals surface area contributed by atoms with E-state index >= 15 is 0 Å². The first-order valence-corrected chi connectivity index (χ1v) is 31.6. The van der Waals surface area contributed by atoms with Gasteiger partial charge in [-0.25, -0.2) is 0 Å². The molecule has 0 bridgehead atoms. The van der Waals surface area contributed by atoms with E-state index < -0.39 is 6.10 Å². The van der Waals surface area contributed by atoms with E-state index in [1.165, 1.54) is 57.8 Å². The molecule has 0 aliphatic rings. The maximum Gasteiger partial charge on any atom is 0.306 e. The van der Waals surface area contributed by atoms with Crippen LogP contribution in [0.25, 0.3) is 0 Å². The minimum absolute atomic E-state index is 0.115. The Morgan fingerprint density at radius 2 is 0.481 bits per heavy atom. The van der Waals surface area contributed by atoms with Crippen molar-refractivity contribution in [2.45, 2.75) is 258 Å². The Morgan fingerprint density at radius 1 is 0.253 bits per heavy atom. The Labute approximate surface area is 485 Å². The number of hydrogen-bond acceptors (Lipinski definition) is 6. The predicted octanol–water partition coefficient (Wildman–Crippen LogP) is 21.9. The maximum atomic E-state index is 12.9. The van der Waals surface area contributed by atoms with Crippen LogP contribution in [0.3, 0.4) is 0 Å². The van der Waals surface area contributed by atoms with Crippen molar-refractivity contribution in [3.05, 3.63) is 170 Å². The van der Waals surface area contributed by atoms with Crippen LogP contribution in [0, 0.1) is 0 Å².